The fourth-order valence-electron chi connectivity index (χ4n) is 2.89. The molecule has 0 radical (unpaired) electrons. The molecule has 3 rings (SSSR count). The predicted molar refractivity (Wildman–Crippen MR) is 106 cm³/mol. The number of hydrogen-bond donors (Lipinski definition) is 2. The largest absolute Gasteiger partial charge is 0.478 e. The summed E-state index contributed by atoms with van der Waals surface area (Å²) in [5.41, 5.74) is 2.12. The van der Waals surface area contributed by atoms with E-state index in [1.807, 2.05) is 37.3 Å². The Kier molecular flexibility index (Phi) is 5.24. The van der Waals surface area contributed by atoms with Crippen LogP contribution in [0.3, 0.4) is 0 Å². The summed E-state index contributed by atoms with van der Waals surface area (Å²) in [5.74, 6) is -1.00. The van der Waals surface area contributed by atoms with E-state index in [-0.39, 0.29) is 22.3 Å². The van der Waals surface area contributed by atoms with Crippen molar-refractivity contribution in [2.45, 2.75) is 31.7 Å². The van der Waals surface area contributed by atoms with Gasteiger partial charge in [-0.3, -0.25) is 9.40 Å². The fraction of sp³-hybridized carbons (Fsp3) is 0.200. The Balaban J connectivity index is 1.88. The molecular formula is C20H21N3O4S. The Labute approximate surface area is 163 Å². The maximum atomic E-state index is 12.7. The number of carboxylic acids is 1. The van der Waals surface area contributed by atoms with Crippen LogP contribution >= 0.6 is 0 Å². The van der Waals surface area contributed by atoms with E-state index >= 15 is 0 Å². The van der Waals surface area contributed by atoms with E-state index in [0.717, 1.165) is 11.6 Å². The van der Waals surface area contributed by atoms with Crippen molar-refractivity contribution in [3.63, 3.8) is 0 Å². The minimum Gasteiger partial charge on any atom is -0.478 e. The number of hydrogen-bond acceptors (Lipinski definition) is 4. The van der Waals surface area contributed by atoms with Gasteiger partial charge in [0.15, 0.2) is 5.82 Å². The minimum atomic E-state index is -3.97. The highest BCUT2D eigenvalue weighted by molar-refractivity contribution is 7.92. The van der Waals surface area contributed by atoms with Gasteiger partial charge >= 0.3 is 5.97 Å². The Morgan fingerprint density at radius 3 is 2.46 bits per heavy atom. The number of anilines is 1. The van der Waals surface area contributed by atoms with Crippen molar-refractivity contribution in [1.82, 2.24) is 9.78 Å². The van der Waals surface area contributed by atoms with Gasteiger partial charge in [0.25, 0.3) is 10.0 Å². The van der Waals surface area contributed by atoms with E-state index in [1.54, 1.807) is 30.8 Å². The maximum Gasteiger partial charge on any atom is 0.336 e. The van der Waals surface area contributed by atoms with Crippen LogP contribution in [0, 0.1) is 13.8 Å². The van der Waals surface area contributed by atoms with E-state index in [9.17, 15) is 18.3 Å². The number of benzene rings is 2. The Morgan fingerprint density at radius 1 is 1.14 bits per heavy atom. The molecule has 0 saturated heterocycles. The molecule has 1 heterocycles. The summed E-state index contributed by atoms with van der Waals surface area (Å²) in [5, 5.41) is 13.6. The van der Waals surface area contributed by atoms with Gasteiger partial charge in [0, 0.05) is 12.3 Å². The smallest absolute Gasteiger partial charge is 0.336 e. The molecule has 3 aromatic rings. The molecule has 8 heteroatoms. The molecule has 7 nitrogen and oxygen atoms in total. The number of carbonyl (C=O) groups is 1. The summed E-state index contributed by atoms with van der Waals surface area (Å²) in [6.45, 7) is 5.29. The number of aromatic carboxylic acids is 1. The number of rotatable bonds is 6. The zero-order valence-corrected chi connectivity index (χ0v) is 16.6. The van der Waals surface area contributed by atoms with Gasteiger partial charge in [-0.15, -0.1) is 0 Å². The van der Waals surface area contributed by atoms with Gasteiger partial charge in [-0.2, -0.15) is 5.10 Å². The average Bonchev–Trinajstić information content (AvgIpc) is 3.11. The average molecular weight is 399 g/mol. The summed E-state index contributed by atoms with van der Waals surface area (Å²) >= 11 is 0. The molecule has 28 heavy (non-hydrogen) atoms. The van der Waals surface area contributed by atoms with Gasteiger partial charge in [-0.1, -0.05) is 30.3 Å². The van der Waals surface area contributed by atoms with Crippen LogP contribution in [0.25, 0.3) is 0 Å². The summed E-state index contributed by atoms with van der Waals surface area (Å²) in [7, 11) is -3.97. The van der Waals surface area contributed by atoms with Crippen LogP contribution in [0.1, 0.15) is 40.0 Å². The third-order valence-electron chi connectivity index (χ3n) is 4.71. The van der Waals surface area contributed by atoms with Crippen molar-refractivity contribution in [2.24, 2.45) is 0 Å². The molecule has 0 unspecified atom stereocenters. The van der Waals surface area contributed by atoms with Crippen LogP contribution in [-0.4, -0.2) is 29.3 Å². The number of sulfonamides is 1. The second-order valence-electron chi connectivity index (χ2n) is 6.59. The quantitative estimate of drug-likeness (QED) is 0.659. The summed E-state index contributed by atoms with van der Waals surface area (Å²) in [6.07, 6.45) is 1.69. The molecule has 0 amide bonds. The zero-order valence-electron chi connectivity index (χ0n) is 15.7. The number of nitrogens with one attached hydrogen (secondary N) is 1. The van der Waals surface area contributed by atoms with Crippen LogP contribution in [0.4, 0.5) is 5.82 Å². The topological polar surface area (TPSA) is 101 Å². The van der Waals surface area contributed by atoms with Crippen molar-refractivity contribution < 1.29 is 18.3 Å². The van der Waals surface area contributed by atoms with E-state index in [2.05, 4.69) is 9.82 Å². The van der Waals surface area contributed by atoms with E-state index in [1.165, 1.54) is 6.07 Å². The molecule has 0 spiro atoms. The monoisotopic (exact) mass is 399 g/mol. The van der Waals surface area contributed by atoms with Gasteiger partial charge in [-0.25, -0.2) is 13.2 Å². The van der Waals surface area contributed by atoms with Gasteiger partial charge in [0.1, 0.15) is 0 Å². The van der Waals surface area contributed by atoms with E-state index < -0.39 is 16.0 Å². The van der Waals surface area contributed by atoms with Crippen LogP contribution in [0.2, 0.25) is 0 Å². The first kappa shape index (κ1) is 19.6. The Morgan fingerprint density at radius 2 is 1.82 bits per heavy atom. The molecule has 0 aliphatic carbocycles. The van der Waals surface area contributed by atoms with Crippen molar-refractivity contribution in [1.29, 1.82) is 0 Å². The minimum absolute atomic E-state index is 0.0383. The molecule has 146 valence electrons. The maximum absolute atomic E-state index is 12.7. The van der Waals surface area contributed by atoms with Gasteiger partial charge in [0.2, 0.25) is 0 Å². The lowest BCUT2D eigenvalue weighted by molar-refractivity contribution is 0.0695. The van der Waals surface area contributed by atoms with Gasteiger partial charge in [-0.05, 0) is 49.6 Å². The summed E-state index contributed by atoms with van der Waals surface area (Å²) in [4.78, 5) is 11.3. The normalized spacial score (nSPS) is 12.5. The number of nitrogens with zero attached hydrogens (tertiary/aromatic N) is 2. The first-order chi connectivity index (χ1) is 13.2. The van der Waals surface area contributed by atoms with Crippen LogP contribution in [0.15, 0.2) is 59.6 Å². The Hall–Kier alpha value is -3.13. The lowest BCUT2D eigenvalue weighted by Gasteiger charge is -2.13. The lowest BCUT2D eigenvalue weighted by atomic mass is 10.0. The lowest BCUT2D eigenvalue weighted by Crippen LogP contribution is -2.16. The number of aryl methyl sites for hydroxylation is 1. The first-order valence-electron chi connectivity index (χ1n) is 8.66. The van der Waals surface area contributed by atoms with Crippen LogP contribution in [0.5, 0.6) is 0 Å². The van der Waals surface area contributed by atoms with Crippen molar-refractivity contribution in [2.75, 3.05) is 4.72 Å². The number of aromatic nitrogens is 2. The molecule has 0 bridgehead atoms. The summed E-state index contributed by atoms with van der Waals surface area (Å²) < 4.78 is 29.6. The SMILES string of the molecule is Cc1cc(S(=O)(=O)Nc2ccn([C@@H](C)c3ccccc3)n2)cc(C(=O)O)c1C. The molecule has 2 aromatic carbocycles. The molecule has 2 N–H and O–H groups in total. The zero-order chi connectivity index (χ0) is 20.5. The molecule has 1 atom stereocenters. The highest BCUT2D eigenvalue weighted by Gasteiger charge is 2.21. The van der Waals surface area contributed by atoms with Crippen molar-refractivity contribution in [3.8, 4) is 0 Å². The third-order valence-corrected chi connectivity index (χ3v) is 6.04. The summed E-state index contributed by atoms with van der Waals surface area (Å²) in [6, 6.07) is 13.8. The molecular weight excluding hydrogens is 378 g/mol. The van der Waals surface area contributed by atoms with Crippen molar-refractivity contribution in [3.05, 3.63) is 77.0 Å². The molecule has 0 aliphatic heterocycles. The number of carboxylic acid groups (broad SMARTS) is 1. The van der Waals surface area contributed by atoms with E-state index in [0.29, 0.717) is 11.1 Å². The van der Waals surface area contributed by atoms with Gasteiger partial charge < -0.3 is 5.11 Å². The van der Waals surface area contributed by atoms with Crippen LogP contribution < -0.4 is 4.72 Å². The van der Waals surface area contributed by atoms with Crippen molar-refractivity contribution >= 4 is 21.8 Å². The standard InChI is InChI=1S/C20H21N3O4S/c1-13-11-17(12-18(14(13)2)20(24)25)28(26,27)22-19-9-10-23(21-19)15(3)16-7-5-4-6-8-16/h4-12,15H,1-3H3,(H,21,22)(H,24,25)/t15-/m0/s1. The molecule has 0 saturated carbocycles. The third kappa shape index (κ3) is 3.91. The molecule has 1 aromatic heterocycles. The van der Waals surface area contributed by atoms with Crippen LogP contribution in [-0.2, 0) is 10.0 Å². The predicted octanol–water partition coefficient (Wildman–Crippen LogP) is 3.61. The Bertz CT molecular complexity index is 1120. The molecule has 0 aliphatic rings. The fourth-order valence-corrected chi connectivity index (χ4v) is 4.00. The highest BCUT2D eigenvalue weighted by atomic mass is 32.2. The highest BCUT2D eigenvalue weighted by Crippen LogP contribution is 2.23. The van der Waals surface area contributed by atoms with E-state index in [4.69, 9.17) is 0 Å². The second kappa shape index (κ2) is 7.47. The first-order valence-corrected chi connectivity index (χ1v) is 10.1. The van der Waals surface area contributed by atoms with Gasteiger partial charge in [0.05, 0.1) is 16.5 Å². The second-order valence-corrected chi connectivity index (χ2v) is 8.27. The molecule has 0 fully saturated rings.